The van der Waals surface area contributed by atoms with Gasteiger partial charge in [-0.3, -0.25) is 9.18 Å². The van der Waals surface area contributed by atoms with E-state index in [0.717, 1.165) is 6.92 Å². The molecule has 0 saturated heterocycles. The molecule has 0 aromatic carbocycles. The molecule has 204 valence electrons. The molecule has 0 aromatic rings. The van der Waals surface area contributed by atoms with Crippen molar-refractivity contribution in [1.29, 1.82) is 0 Å². The second-order valence-electron chi connectivity index (χ2n) is 10.1. The van der Waals surface area contributed by atoms with Crippen LogP contribution in [-0.4, -0.2) is 64.9 Å². The lowest BCUT2D eigenvalue weighted by atomic mass is 9.44. The van der Waals surface area contributed by atoms with Crippen molar-refractivity contribution in [2.24, 2.45) is 10.8 Å². The number of hydrogen-bond donors (Lipinski definition) is 0. The van der Waals surface area contributed by atoms with E-state index < -0.39 is 95.5 Å². The van der Waals surface area contributed by atoms with Crippen molar-refractivity contribution in [2.45, 2.75) is 92.8 Å². The summed E-state index contributed by atoms with van der Waals surface area (Å²) < 4.78 is 217. The summed E-state index contributed by atoms with van der Waals surface area (Å²) in [6.07, 6.45) is -4.57. The minimum Gasteiger partial charge on any atom is -0.439 e. The Bertz CT molecular complexity index is 965. The maximum atomic E-state index is 15.9. The maximum Gasteiger partial charge on any atom is 0.339 e. The third kappa shape index (κ3) is 2.08. The zero-order valence-corrected chi connectivity index (χ0v) is 18.2. The number of rotatable bonds is 4. The molecule has 0 aromatic heterocycles. The van der Waals surface area contributed by atoms with E-state index in [1.54, 1.807) is 0 Å². The molecule has 4 aliphatic rings. The number of ether oxygens (including phenoxy) is 1. The fourth-order valence-electron chi connectivity index (χ4n) is 5.38. The number of carbonyl (C=O) groups excluding carboxylic acids is 1. The van der Waals surface area contributed by atoms with Gasteiger partial charge in [0.2, 0.25) is 0 Å². The van der Waals surface area contributed by atoms with Crippen molar-refractivity contribution in [3.8, 4) is 0 Å². The van der Waals surface area contributed by atoms with E-state index in [9.17, 15) is 18.0 Å². The van der Waals surface area contributed by atoms with Gasteiger partial charge >= 0.3 is 35.3 Å². The van der Waals surface area contributed by atoms with E-state index in [1.165, 1.54) is 0 Å². The van der Waals surface area contributed by atoms with E-state index in [-0.39, 0.29) is 0 Å². The number of esters is 1. The first-order valence-corrected chi connectivity index (χ1v) is 9.96. The minimum atomic E-state index is -7.25. The van der Waals surface area contributed by atoms with Crippen LogP contribution >= 0.6 is 0 Å². The zero-order valence-electron chi connectivity index (χ0n) is 18.2. The van der Waals surface area contributed by atoms with Crippen molar-refractivity contribution >= 4 is 5.97 Å². The van der Waals surface area contributed by atoms with Crippen LogP contribution in [0.5, 0.6) is 0 Å². The summed E-state index contributed by atoms with van der Waals surface area (Å²) in [6.45, 7) is -1.91. The smallest absolute Gasteiger partial charge is 0.339 e. The van der Waals surface area contributed by atoms with Crippen molar-refractivity contribution < 1.29 is 71.0 Å². The summed E-state index contributed by atoms with van der Waals surface area (Å²) in [5.41, 5.74) is -35.0. The Morgan fingerprint density at radius 3 is 1.60 bits per heavy atom. The van der Waals surface area contributed by atoms with Gasteiger partial charge in [-0.25, -0.2) is 22.0 Å². The Labute approximate surface area is 188 Å². The first kappa shape index (κ1) is 28.1. The summed E-state index contributed by atoms with van der Waals surface area (Å²) in [7, 11) is 0. The van der Waals surface area contributed by atoms with Gasteiger partial charge in [-0.1, -0.05) is 6.92 Å². The summed E-state index contributed by atoms with van der Waals surface area (Å²) in [6, 6.07) is 0. The normalized spacial score (nSPS) is 46.2. The van der Waals surface area contributed by atoms with Gasteiger partial charge in [0.25, 0.3) is 22.9 Å². The lowest BCUT2D eigenvalue weighted by molar-refractivity contribution is -0.530. The monoisotopic (exact) mass is 544 g/mol. The van der Waals surface area contributed by atoms with Gasteiger partial charge in [-0.2, -0.15) is 35.1 Å². The number of fused-ring (bicyclic) bond motifs is 1. The van der Waals surface area contributed by atoms with Crippen LogP contribution < -0.4 is 0 Å². The molecule has 4 fully saturated rings. The first-order chi connectivity index (χ1) is 15.2. The predicted octanol–water partition coefficient (Wildman–Crippen LogP) is 6.41. The molecule has 4 saturated carbocycles. The largest absolute Gasteiger partial charge is 0.439 e. The van der Waals surface area contributed by atoms with Gasteiger partial charge in [0.05, 0.1) is 17.3 Å². The van der Waals surface area contributed by atoms with Crippen molar-refractivity contribution in [2.75, 3.05) is 6.67 Å². The fraction of sp³-hybridized carbons (Fsp3) is 0.947. The Balaban J connectivity index is 2.69. The molecule has 2 nitrogen and oxygen atoms in total. The van der Waals surface area contributed by atoms with Crippen LogP contribution in [0.25, 0.3) is 0 Å². The second kappa shape index (κ2) is 6.30. The van der Waals surface area contributed by atoms with Crippen LogP contribution in [0.15, 0.2) is 0 Å². The molecule has 4 bridgehead atoms. The molecule has 4 aliphatic carbocycles. The third-order valence-electron chi connectivity index (χ3n) is 8.06. The Hall–Kier alpha value is -1.51. The lowest BCUT2D eigenvalue weighted by Crippen LogP contribution is -2.99. The van der Waals surface area contributed by atoms with Crippen LogP contribution in [-0.2, 0) is 9.53 Å². The molecular formula is C19H18F14O2. The molecule has 16 heteroatoms. The second-order valence-corrected chi connectivity index (χ2v) is 10.1. The number of alkyl halides is 14. The van der Waals surface area contributed by atoms with Crippen LogP contribution in [0.4, 0.5) is 61.5 Å². The number of halogens is 14. The third-order valence-corrected chi connectivity index (χ3v) is 8.06. The predicted molar refractivity (Wildman–Crippen MR) is 87.8 cm³/mol. The lowest BCUT2D eigenvalue weighted by Gasteiger charge is -2.69. The Morgan fingerprint density at radius 1 is 0.771 bits per heavy atom. The van der Waals surface area contributed by atoms with Crippen LogP contribution in [0.3, 0.4) is 0 Å². The Morgan fingerprint density at radius 2 is 1.20 bits per heavy atom. The summed E-state index contributed by atoms with van der Waals surface area (Å²) in [5, 5.41) is 0. The molecule has 0 radical (unpaired) electrons. The Kier molecular flexibility index (Phi) is 5.06. The maximum absolute atomic E-state index is 15.9. The topological polar surface area (TPSA) is 26.3 Å². The quantitative estimate of drug-likeness (QED) is 0.302. The van der Waals surface area contributed by atoms with Gasteiger partial charge in [0.1, 0.15) is 6.67 Å². The van der Waals surface area contributed by atoms with E-state index in [2.05, 4.69) is 4.74 Å². The average molecular weight is 544 g/mol. The fourth-order valence-corrected chi connectivity index (χ4v) is 5.38. The van der Waals surface area contributed by atoms with Crippen LogP contribution in [0.2, 0.25) is 0 Å². The molecule has 0 amide bonds. The highest BCUT2D eigenvalue weighted by Gasteiger charge is 3.15. The van der Waals surface area contributed by atoms with Crippen LogP contribution in [0, 0.1) is 10.8 Å². The van der Waals surface area contributed by atoms with Gasteiger partial charge in [0, 0.05) is 0 Å². The SMILES string of the molecule is CCC(C)(C)C(=O)OC12C(F)(F)C3(F)CC(F)(F)C(F)(C1(F)F)C(C)(CF)C(F)(C3(F)F)C2(F)F. The van der Waals surface area contributed by atoms with Crippen molar-refractivity contribution in [3.05, 3.63) is 0 Å². The molecule has 0 N–H and O–H groups in total. The number of hydrogen-bond acceptors (Lipinski definition) is 2. The van der Waals surface area contributed by atoms with Gasteiger partial charge in [0.15, 0.2) is 0 Å². The summed E-state index contributed by atoms with van der Waals surface area (Å²) >= 11 is 0. The van der Waals surface area contributed by atoms with Gasteiger partial charge < -0.3 is 4.74 Å². The molecule has 4 rings (SSSR count). The highest BCUT2D eigenvalue weighted by molar-refractivity contribution is 5.77. The zero-order chi connectivity index (χ0) is 27.9. The van der Waals surface area contributed by atoms with E-state index >= 15 is 48.3 Å². The minimum absolute atomic E-state index is 0.596. The first-order valence-electron chi connectivity index (χ1n) is 9.96. The van der Waals surface area contributed by atoms with E-state index in [1.807, 2.05) is 0 Å². The molecule has 5 atom stereocenters. The average Bonchev–Trinajstić information content (AvgIpc) is 2.74. The summed E-state index contributed by atoms with van der Waals surface area (Å²) in [5.74, 6) is -37.9. The highest BCUT2D eigenvalue weighted by Crippen LogP contribution is 2.86. The van der Waals surface area contributed by atoms with Crippen LogP contribution in [0.1, 0.15) is 40.5 Å². The van der Waals surface area contributed by atoms with E-state index in [4.69, 9.17) is 0 Å². The molecule has 0 spiro atoms. The highest BCUT2D eigenvalue weighted by atomic mass is 19.3. The van der Waals surface area contributed by atoms with Gasteiger partial charge in [-0.15, -0.1) is 0 Å². The van der Waals surface area contributed by atoms with E-state index in [0.29, 0.717) is 13.8 Å². The molecule has 0 heterocycles. The molecule has 35 heavy (non-hydrogen) atoms. The number of carbonyl (C=O) groups is 1. The molecular weight excluding hydrogens is 526 g/mol. The van der Waals surface area contributed by atoms with Gasteiger partial charge in [-0.05, 0) is 27.2 Å². The summed E-state index contributed by atoms with van der Waals surface area (Å²) in [4.78, 5) is 12.4. The molecule has 0 aliphatic heterocycles. The van der Waals surface area contributed by atoms with Crippen molar-refractivity contribution in [1.82, 2.24) is 0 Å². The van der Waals surface area contributed by atoms with Crippen molar-refractivity contribution in [3.63, 3.8) is 0 Å². The molecule has 5 unspecified atom stereocenters. The standard InChI is InChI=1S/C19H18F14O2/c1-5-9(2,3)8(34)35-15-17(28,29)11(21)6-12(22,23)13(24,18(15,30)31)10(4,7-20)14(25,16(11,26)27)19(15,32)33/h5-7H2,1-4H3.